The van der Waals surface area contributed by atoms with Crippen molar-refractivity contribution in [3.63, 3.8) is 0 Å². The molecule has 0 spiro atoms. The summed E-state index contributed by atoms with van der Waals surface area (Å²) in [6.45, 7) is 2.77. The summed E-state index contributed by atoms with van der Waals surface area (Å²) in [5.41, 5.74) is 3.22. The summed E-state index contributed by atoms with van der Waals surface area (Å²) in [7, 11) is 0. The Kier molecular flexibility index (Phi) is 5.86. The van der Waals surface area contributed by atoms with E-state index in [2.05, 4.69) is 25.8 Å². The lowest BCUT2D eigenvalue weighted by Gasteiger charge is -2.13. The Labute approximate surface area is 194 Å². The van der Waals surface area contributed by atoms with E-state index >= 15 is 0 Å². The summed E-state index contributed by atoms with van der Waals surface area (Å²) in [6.07, 6.45) is 4.00. The predicted octanol–water partition coefficient (Wildman–Crippen LogP) is 2.13. The molecule has 0 saturated heterocycles. The van der Waals surface area contributed by atoms with Gasteiger partial charge >= 0.3 is 0 Å². The number of carbonyl (C=O) groups is 1. The first-order valence-corrected chi connectivity index (χ1v) is 10.9. The van der Waals surface area contributed by atoms with Crippen LogP contribution in [0.2, 0.25) is 0 Å². The van der Waals surface area contributed by atoms with Gasteiger partial charge in [-0.3, -0.25) is 19.3 Å². The second-order valence-electron chi connectivity index (χ2n) is 8.07. The van der Waals surface area contributed by atoms with Gasteiger partial charge in [0.2, 0.25) is 12.7 Å². The average Bonchev–Trinajstić information content (AvgIpc) is 3.50. The molecule has 0 radical (unpaired) electrons. The molecule has 3 N–H and O–H groups in total. The van der Waals surface area contributed by atoms with Gasteiger partial charge in [0.1, 0.15) is 6.54 Å². The lowest BCUT2D eigenvalue weighted by molar-refractivity contribution is -0.121. The third-order valence-electron chi connectivity index (χ3n) is 5.69. The van der Waals surface area contributed by atoms with Crippen molar-refractivity contribution in [2.24, 2.45) is 0 Å². The molecule has 0 bridgehead atoms. The first-order valence-electron chi connectivity index (χ1n) is 10.9. The maximum atomic E-state index is 12.9. The SMILES string of the molecule is Cc1cnc(NCCc2ccc3c(c2)OCO3)c(=O)n1CC(=O)NCc1ccc2[nH]ncc2c1. The highest BCUT2D eigenvalue weighted by molar-refractivity contribution is 5.79. The van der Waals surface area contributed by atoms with Gasteiger partial charge in [0.15, 0.2) is 17.3 Å². The quantitative estimate of drug-likeness (QED) is 0.368. The fourth-order valence-electron chi connectivity index (χ4n) is 3.81. The molecular weight excluding hydrogens is 436 g/mol. The van der Waals surface area contributed by atoms with Gasteiger partial charge in [-0.25, -0.2) is 4.98 Å². The highest BCUT2D eigenvalue weighted by atomic mass is 16.7. The Morgan fingerprint density at radius 3 is 2.88 bits per heavy atom. The number of aromatic amines is 1. The fraction of sp³-hybridized carbons (Fsp3) is 0.250. The van der Waals surface area contributed by atoms with Crippen molar-refractivity contribution in [2.75, 3.05) is 18.7 Å². The maximum absolute atomic E-state index is 12.9. The number of anilines is 1. The summed E-state index contributed by atoms with van der Waals surface area (Å²) >= 11 is 0. The first kappa shape index (κ1) is 21.5. The first-order chi connectivity index (χ1) is 16.6. The molecule has 34 heavy (non-hydrogen) atoms. The Hall–Kier alpha value is -4.34. The van der Waals surface area contributed by atoms with Gasteiger partial charge in [-0.1, -0.05) is 12.1 Å². The molecule has 0 saturated carbocycles. The zero-order valence-corrected chi connectivity index (χ0v) is 18.6. The molecule has 0 unspecified atom stereocenters. The molecule has 10 heteroatoms. The number of carbonyl (C=O) groups excluding carboxylic acids is 1. The van der Waals surface area contributed by atoms with E-state index in [4.69, 9.17) is 9.47 Å². The molecule has 0 aliphatic carbocycles. The van der Waals surface area contributed by atoms with Crippen LogP contribution in [0.3, 0.4) is 0 Å². The van der Waals surface area contributed by atoms with Crippen molar-refractivity contribution < 1.29 is 14.3 Å². The molecule has 3 heterocycles. The number of fused-ring (bicyclic) bond motifs is 2. The van der Waals surface area contributed by atoms with Gasteiger partial charge in [0, 0.05) is 30.4 Å². The second-order valence-corrected chi connectivity index (χ2v) is 8.07. The van der Waals surface area contributed by atoms with Crippen LogP contribution < -0.4 is 25.7 Å². The number of hydrogen-bond donors (Lipinski definition) is 3. The monoisotopic (exact) mass is 460 g/mol. The molecule has 1 aliphatic heterocycles. The minimum Gasteiger partial charge on any atom is -0.454 e. The third-order valence-corrected chi connectivity index (χ3v) is 5.69. The number of amides is 1. The van der Waals surface area contributed by atoms with Gasteiger partial charge in [-0.05, 0) is 48.7 Å². The van der Waals surface area contributed by atoms with Crippen molar-refractivity contribution in [1.29, 1.82) is 0 Å². The minimum atomic E-state index is -0.333. The number of aromatic nitrogens is 4. The van der Waals surface area contributed by atoms with E-state index in [0.29, 0.717) is 25.2 Å². The molecule has 4 aromatic rings. The van der Waals surface area contributed by atoms with Gasteiger partial charge < -0.3 is 20.1 Å². The average molecular weight is 460 g/mol. The summed E-state index contributed by atoms with van der Waals surface area (Å²) in [5.74, 6) is 1.42. The maximum Gasteiger partial charge on any atom is 0.293 e. The second kappa shape index (κ2) is 9.26. The van der Waals surface area contributed by atoms with E-state index in [-0.39, 0.29) is 30.6 Å². The lowest BCUT2D eigenvalue weighted by atomic mass is 10.1. The Bertz CT molecular complexity index is 1410. The van der Waals surface area contributed by atoms with Crippen molar-refractivity contribution >= 4 is 22.6 Å². The Balaban J connectivity index is 1.19. The van der Waals surface area contributed by atoms with Crippen molar-refractivity contribution in [2.45, 2.75) is 26.4 Å². The third kappa shape index (κ3) is 4.56. The Morgan fingerprint density at radius 1 is 1.12 bits per heavy atom. The summed E-state index contributed by atoms with van der Waals surface area (Å²) in [4.78, 5) is 29.7. The molecule has 2 aromatic heterocycles. The lowest BCUT2D eigenvalue weighted by Crippen LogP contribution is -2.34. The van der Waals surface area contributed by atoms with E-state index in [1.165, 1.54) is 4.57 Å². The van der Waals surface area contributed by atoms with E-state index < -0.39 is 0 Å². The van der Waals surface area contributed by atoms with Gasteiger partial charge in [-0.15, -0.1) is 0 Å². The highest BCUT2D eigenvalue weighted by Crippen LogP contribution is 2.32. The number of rotatable bonds is 8. The van der Waals surface area contributed by atoms with Crippen LogP contribution in [0.1, 0.15) is 16.8 Å². The van der Waals surface area contributed by atoms with Crippen molar-refractivity contribution in [1.82, 2.24) is 25.1 Å². The van der Waals surface area contributed by atoms with Crippen LogP contribution in [-0.2, 0) is 24.3 Å². The summed E-state index contributed by atoms with van der Waals surface area (Å²) in [6, 6.07) is 11.6. The van der Waals surface area contributed by atoms with Gasteiger partial charge in [-0.2, -0.15) is 5.10 Å². The van der Waals surface area contributed by atoms with Crippen LogP contribution >= 0.6 is 0 Å². The fourth-order valence-corrected chi connectivity index (χ4v) is 3.81. The normalized spacial score (nSPS) is 12.1. The number of H-pyrrole nitrogens is 1. The molecule has 2 aromatic carbocycles. The number of benzene rings is 2. The van der Waals surface area contributed by atoms with E-state index in [1.54, 1.807) is 19.3 Å². The molecule has 10 nitrogen and oxygen atoms in total. The molecule has 1 aliphatic rings. The van der Waals surface area contributed by atoms with Crippen LogP contribution in [0.4, 0.5) is 5.82 Å². The van der Waals surface area contributed by atoms with Gasteiger partial charge in [0.05, 0.1) is 11.7 Å². The van der Waals surface area contributed by atoms with Crippen LogP contribution in [0.5, 0.6) is 11.5 Å². The van der Waals surface area contributed by atoms with Crippen LogP contribution in [-0.4, -0.2) is 39.0 Å². The largest absolute Gasteiger partial charge is 0.454 e. The van der Waals surface area contributed by atoms with E-state index in [9.17, 15) is 9.59 Å². The number of hydrogen-bond acceptors (Lipinski definition) is 7. The molecule has 174 valence electrons. The molecule has 1 amide bonds. The topological polar surface area (TPSA) is 123 Å². The number of ether oxygens (including phenoxy) is 2. The van der Waals surface area contributed by atoms with Crippen LogP contribution in [0, 0.1) is 6.92 Å². The highest BCUT2D eigenvalue weighted by Gasteiger charge is 2.14. The van der Waals surface area contributed by atoms with E-state index in [1.807, 2.05) is 36.4 Å². The minimum absolute atomic E-state index is 0.0853. The zero-order valence-electron chi connectivity index (χ0n) is 18.6. The summed E-state index contributed by atoms with van der Waals surface area (Å²) < 4.78 is 12.1. The summed E-state index contributed by atoms with van der Waals surface area (Å²) in [5, 5.41) is 13.8. The van der Waals surface area contributed by atoms with Crippen molar-refractivity contribution in [3.8, 4) is 11.5 Å². The van der Waals surface area contributed by atoms with Gasteiger partial charge in [0.25, 0.3) is 5.56 Å². The molecule has 0 atom stereocenters. The van der Waals surface area contributed by atoms with E-state index in [0.717, 1.165) is 33.5 Å². The van der Waals surface area contributed by atoms with Crippen molar-refractivity contribution in [3.05, 3.63) is 76.0 Å². The Morgan fingerprint density at radius 2 is 1.97 bits per heavy atom. The zero-order chi connectivity index (χ0) is 23.5. The number of nitrogens with one attached hydrogen (secondary N) is 3. The number of aryl methyl sites for hydroxylation is 1. The molecule has 5 rings (SSSR count). The molecule has 0 fully saturated rings. The van der Waals surface area contributed by atoms with Crippen LogP contribution in [0.25, 0.3) is 10.9 Å². The standard InChI is InChI=1S/C24H24N6O4/c1-15-10-27-23(25-7-6-16-3-5-20-21(9-16)34-14-33-20)24(32)30(15)13-22(31)26-11-17-2-4-19-18(8-17)12-28-29-19/h2-5,8-10,12H,6-7,11,13-14H2,1H3,(H,25,27)(H,26,31)(H,28,29). The van der Waals surface area contributed by atoms with Crippen LogP contribution in [0.15, 0.2) is 53.6 Å². The predicted molar refractivity (Wildman–Crippen MR) is 126 cm³/mol. The molecular formula is C24H24N6O4. The smallest absolute Gasteiger partial charge is 0.293 e. The number of nitrogens with zero attached hydrogens (tertiary/aromatic N) is 3.